The van der Waals surface area contributed by atoms with E-state index < -0.39 is 0 Å². The van der Waals surface area contributed by atoms with Gasteiger partial charge in [0.2, 0.25) is 0 Å². The number of carbonyl (C=O) groups excluding carboxylic acids is 1. The third-order valence-corrected chi connectivity index (χ3v) is 4.72. The molecule has 0 radical (unpaired) electrons. The molecule has 0 unspecified atom stereocenters. The molecule has 3 aromatic rings. The molecule has 1 atom stereocenters. The molecule has 1 amide bonds. The van der Waals surface area contributed by atoms with Crippen LogP contribution < -0.4 is 4.74 Å². The van der Waals surface area contributed by atoms with Gasteiger partial charge in [-0.15, -0.1) is 0 Å². The number of nitrogens with zero attached hydrogens (tertiary/aromatic N) is 2. The Morgan fingerprint density at radius 1 is 1.11 bits per heavy atom. The second-order valence-corrected chi connectivity index (χ2v) is 6.50. The summed E-state index contributed by atoms with van der Waals surface area (Å²) in [4.78, 5) is 13.3. The predicted molar refractivity (Wildman–Crippen MR) is 103 cm³/mol. The van der Waals surface area contributed by atoms with E-state index in [0.717, 1.165) is 11.3 Å². The molecule has 1 aliphatic heterocycles. The van der Waals surface area contributed by atoms with E-state index in [2.05, 4.69) is 5.10 Å². The third-order valence-electron chi connectivity index (χ3n) is 4.72. The molecule has 5 heteroatoms. The second-order valence-electron chi connectivity index (χ2n) is 6.50. The van der Waals surface area contributed by atoms with Crippen molar-refractivity contribution in [1.29, 1.82) is 0 Å². The monoisotopic (exact) mass is 360 g/mol. The SMILES string of the molecule is COc1ccccc1C(=O)N1N=C(c2ccco2)C[C@@H]1c1ccc(C)cc1. The van der Waals surface area contributed by atoms with Crippen molar-refractivity contribution in [2.45, 2.75) is 19.4 Å². The number of amides is 1. The Morgan fingerprint density at radius 3 is 2.59 bits per heavy atom. The number of furan rings is 1. The number of aryl methyl sites for hydroxylation is 1. The zero-order chi connectivity index (χ0) is 18.8. The van der Waals surface area contributed by atoms with Gasteiger partial charge in [-0.1, -0.05) is 42.0 Å². The van der Waals surface area contributed by atoms with Crippen LogP contribution in [0.5, 0.6) is 5.75 Å². The average molecular weight is 360 g/mol. The number of hydrazone groups is 1. The van der Waals surface area contributed by atoms with E-state index in [4.69, 9.17) is 9.15 Å². The minimum Gasteiger partial charge on any atom is -0.496 e. The van der Waals surface area contributed by atoms with Crippen molar-refractivity contribution in [3.8, 4) is 5.75 Å². The molecule has 5 nitrogen and oxygen atoms in total. The molecule has 0 fully saturated rings. The molecule has 0 N–H and O–H groups in total. The van der Waals surface area contributed by atoms with Crippen LogP contribution in [0.25, 0.3) is 0 Å². The van der Waals surface area contributed by atoms with Crippen molar-refractivity contribution in [1.82, 2.24) is 5.01 Å². The second kappa shape index (κ2) is 7.11. The van der Waals surface area contributed by atoms with Gasteiger partial charge in [-0.05, 0) is 36.8 Å². The van der Waals surface area contributed by atoms with Crippen molar-refractivity contribution in [3.63, 3.8) is 0 Å². The molecule has 0 bridgehead atoms. The number of hydrogen-bond donors (Lipinski definition) is 0. The summed E-state index contributed by atoms with van der Waals surface area (Å²) in [5.74, 6) is 1.02. The third kappa shape index (κ3) is 3.24. The van der Waals surface area contributed by atoms with Crippen LogP contribution in [-0.4, -0.2) is 23.7 Å². The first kappa shape index (κ1) is 17.1. The fourth-order valence-electron chi connectivity index (χ4n) is 3.28. The van der Waals surface area contributed by atoms with Gasteiger partial charge in [0.1, 0.15) is 17.2 Å². The van der Waals surface area contributed by atoms with E-state index in [-0.39, 0.29) is 11.9 Å². The Morgan fingerprint density at radius 2 is 1.89 bits per heavy atom. The van der Waals surface area contributed by atoms with Crippen molar-refractivity contribution in [2.75, 3.05) is 7.11 Å². The van der Waals surface area contributed by atoms with Gasteiger partial charge in [0, 0.05) is 6.42 Å². The van der Waals surface area contributed by atoms with Gasteiger partial charge >= 0.3 is 0 Å². The number of carbonyl (C=O) groups is 1. The summed E-state index contributed by atoms with van der Waals surface area (Å²) >= 11 is 0. The molecular weight excluding hydrogens is 340 g/mol. The highest BCUT2D eigenvalue weighted by Crippen LogP contribution is 2.35. The molecule has 0 aliphatic carbocycles. The number of hydrogen-bond acceptors (Lipinski definition) is 4. The first-order chi connectivity index (χ1) is 13.2. The van der Waals surface area contributed by atoms with Crippen LogP contribution in [0, 0.1) is 6.92 Å². The van der Waals surface area contributed by atoms with Crippen molar-refractivity contribution < 1.29 is 13.9 Å². The van der Waals surface area contributed by atoms with Crippen LogP contribution in [0.2, 0.25) is 0 Å². The van der Waals surface area contributed by atoms with E-state index in [0.29, 0.717) is 23.5 Å². The van der Waals surface area contributed by atoms with Crippen LogP contribution in [-0.2, 0) is 0 Å². The maximum Gasteiger partial charge on any atom is 0.278 e. The van der Waals surface area contributed by atoms with Crippen molar-refractivity contribution in [3.05, 3.63) is 89.4 Å². The molecule has 27 heavy (non-hydrogen) atoms. The highest BCUT2D eigenvalue weighted by molar-refractivity contribution is 6.04. The first-order valence-electron chi connectivity index (χ1n) is 8.82. The Balaban J connectivity index is 1.75. The lowest BCUT2D eigenvalue weighted by atomic mass is 9.99. The number of benzene rings is 2. The number of methoxy groups -OCH3 is 1. The highest BCUT2D eigenvalue weighted by atomic mass is 16.5. The van der Waals surface area contributed by atoms with E-state index >= 15 is 0 Å². The molecular formula is C22H20N2O3. The summed E-state index contributed by atoms with van der Waals surface area (Å²) in [6.07, 6.45) is 2.21. The van der Waals surface area contributed by atoms with Gasteiger partial charge in [-0.2, -0.15) is 5.10 Å². The molecule has 2 aromatic carbocycles. The zero-order valence-electron chi connectivity index (χ0n) is 15.3. The molecule has 0 saturated heterocycles. The van der Waals surface area contributed by atoms with Crippen LogP contribution in [0.4, 0.5) is 0 Å². The van der Waals surface area contributed by atoms with Gasteiger partial charge in [0.05, 0.1) is 25.0 Å². The Hall–Kier alpha value is -3.34. The normalized spacial score (nSPS) is 16.3. The number of ether oxygens (including phenoxy) is 1. The summed E-state index contributed by atoms with van der Waals surface area (Å²) in [5, 5.41) is 6.16. The summed E-state index contributed by atoms with van der Waals surface area (Å²) < 4.78 is 10.9. The molecule has 0 saturated carbocycles. The van der Waals surface area contributed by atoms with E-state index in [1.54, 1.807) is 30.5 Å². The van der Waals surface area contributed by atoms with Crippen molar-refractivity contribution in [2.24, 2.45) is 5.10 Å². The Kier molecular flexibility index (Phi) is 4.50. The lowest BCUT2D eigenvalue weighted by Gasteiger charge is -2.23. The van der Waals surface area contributed by atoms with Gasteiger partial charge in [-0.25, -0.2) is 5.01 Å². The molecule has 2 heterocycles. The molecule has 1 aromatic heterocycles. The van der Waals surface area contributed by atoms with Gasteiger partial charge in [0.15, 0.2) is 0 Å². The maximum atomic E-state index is 13.3. The standard InChI is InChI=1S/C22H20N2O3/c1-15-9-11-16(12-10-15)19-14-18(21-8-5-13-27-21)23-24(19)22(25)17-6-3-4-7-20(17)26-2/h3-13,19H,14H2,1-2H3/t19-/m1/s1. The number of para-hydroxylation sites is 1. The van der Waals surface area contributed by atoms with E-state index in [1.807, 2.05) is 55.5 Å². The minimum atomic E-state index is -0.195. The lowest BCUT2D eigenvalue weighted by Crippen LogP contribution is -2.27. The fraction of sp³-hybridized carbons (Fsp3) is 0.182. The van der Waals surface area contributed by atoms with Crippen molar-refractivity contribution >= 4 is 11.6 Å². The number of rotatable bonds is 4. The topological polar surface area (TPSA) is 55.0 Å². The molecule has 136 valence electrons. The quantitative estimate of drug-likeness (QED) is 0.684. The summed E-state index contributed by atoms with van der Waals surface area (Å²) in [6, 6.07) is 18.9. The van der Waals surface area contributed by atoms with Crippen LogP contribution in [0.15, 0.2) is 76.4 Å². The molecule has 1 aliphatic rings. The minimum absolute atomic E-state index is 0.192. The molecule has 0 spiro atoms. The maximum absolute atomic E-state index is 13.3. The first-order valence-corrected chi connectivity index (χ1v) is 8.82. The average Bonchev–Trinajstić information content (AvgIpc) is 3.38. The summed E-state index contributed by atoms with van der Waals surface area (Å²) in [7, 11) is 1.56. The summed E-state index contributed by atoms with van der Waals surface area (Å²) in [6.45, 7) is 2.04. The van der Waals surface area contributed by atoms with E-state index in [9.17, 15) is 4.79 Å². The Bertz CT molecular complexity index is 975. The predicted octanol–water partition coefficient (Wildman–Crippen LogP) is 4.59. The highest BCUT2D eigenvalue weighted by Gasteiger charge is 2.35. The Labute approximate surface area is 157 Å². The smallest absolute Gasteiger partial charge is 0.278 e. The van der Waals surface area contributed by atoms with Gasteiger partial charge in [0.25, 0.3) is 5.91 Å². The van der Waals surface area contributed by atoms with Gasteiger partial charge in [-0.3, -0.25) is 4.79 Å². The van der Waals surface area contributed by atoms with Crippen LogP contribution in [0.3, 0.4) is 0 Å². The fourth-order valence-corrected chi connectivity index (χ4v) is 3.28. The summed E-state index contributed by atoms with van der Waals surface area (Å²) in [5.41, 5.74) is 3.45. The van der Waals surface area contributed by atoms with Crippen LogP contribution in [0.1, 0.15) is 39.7 Å². The van der Waals surface area contributed by atoms with Crippen LogP contribution >= 0.6 is 0 Å². The lowest BCUT2D eigenvalue weighted by molar-refractivity contribution is 0.0708. The largest absolute Gasteiger partial charge is 0.496 e. The van der Waals surface area contributed by atoms with Gasteiger partial charge < -0.3 is 9.15 Å². The zero-order valence-corrected chi connectivity index (χ0v) is 15.3. The molecule has 4 rings (SSSR count). The van der Waals surface area contributed by atoms with E-state index in [1.165, 1.54) is 5.56 Å².